The van der Waals surface area contributed by atoms with Gasteiger partial charge in [-0.1, -0.05) is 30.3 Å². The third-order valence-electron chi connectivity index (χ3n) is 3.45. The van der Waals surface area contributed by atoms with Gasteiger partial charge in [0.1, 0.15) is 5.75 Å². The van der Waals surface area contributed by atoms with Gasteiger partial charge < -0.3 is 4.74 Å². The second-order valence-electron chi connectivity index (χ2n) is 4.98. The minimum atomic E-state index is 0.856. The summed E-state index contributed by atoms with van der Waals surface area (Å²) in [5.41, 5.74) is 5.49. The summed E-state index contributed by atoms with van der Waals surface area (Å²) in [6, 6.07) is 22.6. The van der Waals surface area contributed by atoms with Crippen molar-refractivity contribution in [1.82, 2.24) is 4.98 Å². The van der Waals surface area contributed by atoms with Crippen LogP contribution >= 0.6 is 0 Å². The average molecular weight is 275 g/mol. The molecule has 0 aliphatic heterocycles. The average Bonchev–Trinajstić information content (AvgIpc) is 2.55. The van der Waals surface area contributed by atoms with Crippen molar-refractivity contribution in [2.45, 2.75) is 6.92 Å². The summed E-state index contributed by atoms with van der Waals surface area (Å²) in [4.78, 5) is 4.64. The zero-order chi connectivity index (χ0) is 14.7. The van der Waals surface area contributed by atoms with Crippen molar-refractivity contribution >= 4 is 0 Å². The molecule has 0 radical (unpaired) electrons. The lowest BCUT2D eigenvalue weighted by molar-refractivity contribution is 0.415. The van der Waals surface area contributed by atoms with E-state index in [1.54, 1.807) is 7.11 Å². The van der Waals surface area contributed by atoms with Crippen molar-refractivity contribution in [1.29, 1.82) is 0 Å². The molecule has 0 aliphatic carbocycles. The summed E-state index contributed by atoms with van der Waals surface area (Å²) >= 11 is 0. The normalized spacial score (nSPS) is 10.4. The standard InChI is InChI=1S/C19H17NO/c1-14-12-17(15-6-4-3-5-7-15)13-19(20-14)16-8-10-18(21-2)11-9-16/h3-13H,1-2H3. The summed E-state index contributed by atoms with van der Waals surface area (Å²) < 4.78 is 5.20. The Morgan fingerprint density at radius 2 is 1.48 bits per heavy atom. The predicted octanol–water partition coefficient (Wildman–Crippen LogP) is 4.73. The van der Waals surface area contributed by atoms with Gasteiger partial charge >= 0.3 is 0 Å². The van der Waals surface area contributed by atoms with E-state index in [2.05, 4.69) is 41.4 Å². The first kappa shape index (κ1) is 13.4. The molecule has 0 fully saturated rings. The first-order chi connectivity index (χ1) is 10.3. The van der Waals surface area contributed by atoms with Gasteiger partial charge in [-0.15, -0.1) is 0 Å². The number of nitrogens with zero attached hydrogens (tertiary/aromatic N) is 1. The fraction of sp³-hybridized carbons (Fsp3) is 0.105. The first-order valence-corrected chi connectivity index (χ1v) is 6.95. The van der Waals surface area contributed by atoms with E-state index < -0.39 is 0 Å². The monoisotopic (exact) mass is 275 g/mol. The maximum atomic E-state index is 5.20. The lowest BCUT2D eigenvalue weighted by Crippen LogP contribution is -1.90. The Labute approximate surface area is 125 Å². The molecule has 0 N–H and O–H groups in total. The van der Waals surface area contributed by atoms with E-state index in [4.69, 9.17) is 4.74 Å². The van der Waals surface area contributed by atoms with E-state index in [-0.39, 0.29) is 0 Å². The molecule has 0 atom stereocenters. The molecule has 2 aromatic carbocycles. The molecule has 1 aromatic heterocycles. The van der Waals surface area contributed by atoms with E-state index in [0.717, 1.165) is 22.7 Å². The van der Waals surface area contributed by atoms with Crippen LogP contribution in [0.1, 0.15) is 5.69 Å². The zero-order valence-electron chi connectivity index (χ0n) is 12.2. The van der Waals surface area contributed by atoms with E-state index in [9.17, 15) is 0 Å². The zero-order valence-corrected chi connectivity index (χ0v) is 12.2. The minimum absolute atomic E-state index is 0.856. The molecule has 0 amide bonds. The Kier molecular flexibility index (Phi) is 3.69. The van der Waals surface area contributed by atoms with E-state index >= 15 is 0 Å². The summed E-state index contributed by atoms with van der Waals surface area (Å²) in [6.07, 6.45) is 0. The molecule has 21 heavy (non-hydrogen) atoms. The highest BCUT2D eigenvalue weighted by molar-refractivity contribution is 5.71. The van der Waals surface area contributed by atoms with Crippen LogP contribution in [0.5, 0.6) is 5.75 Å². The van der Waals surface area contributed by atoms with E-state index in [0.29, 0.717) is 0 Å². The van der Waals surface area contributed by atoms with Crippen molar-refractivity contribution < 1.29 is 4.74 Å². The van der Waals surface area contributed by atoms with E-state index in [1.165, 1.54) is 11.1 Å². The van der Waals surface area contributed by atoms with Crippen molar-refractivity contribution in [2.24, 2.45) is 0 Å². The van der Waals surface area contributed by atoms with Crippen molar-refractivity contribution in [3.63, 3.8) is 0 Å². The number of ether oxygens (including phenoxy) is 1. The molecular weight excluding hydrogens is 258 g/mol. The number of aromatic nitrogens is 1. The molecule has 1 heterocycles. The first-order valence-electron chi connectivity index (χ1n) is 6.95. The van der Waals surface area contributed by atoms with Crippen LogP contribution in [-0.4, -0.2) is 12.1 Å². The van der Waals surface area contributed by atoms with Crippen LogP contribution in [0.25, 0.3) is 22.4 Å². The highest BCUT2D eigenvalue weighted by Gasteiger charge is 2.05. The molecule has 3 aromatic rings. The van der Waals surface area contributed by atoms with Gasteiger partial charge in [-0.05, 0) is 54.4 Å². The molecule has 0 saturated carbocycles. The maximum Gasteiger partial charge on any atom is 0.118 e. The number of aryl methyl sites for hydroxylation is 1. The number of pyridine rings is 1. The second-order valence-corrected chi connectivity index (χ2v) is 4.98. The Bertz CT molecular complexity index is 733. The van der Waals surface area contributed by atoms with Gasteiger partial charge in [0.2, 0.25) is 0 Å². The molecule has 0 spiro atoms. The summed E-state index contributed by atoms with van der Waals surface area (Å²) in [6.45, 7) is 2.03. The summed E-state index contributed by atoms with van der Waals surface area (Å²) in [5, 5.41) is 0. The smallest absolute Gasteiger partial charge is 0.118 e. The Balaban J connectivity index is 2.05. The molecule has 104 valence electrons. The van der Waals surface area contributed by atoms with Crippen LogP contribution in [0, 0.1) is 6.92 Å². The predicted molar refractivity (Wildman–Crippen MR) is 86.4 cm³/mol. The SMILES string of the molecule is COc1ccc(-c2cc(-c3ccccc3)cc(C)n2)cc1. The highest BCUT2D eigenvalue weighted by Crippen LogP contribution is 2.26. The quantitative estimate of drug-likeness (QED) is 0.689. The fourth-order valence-electron chi connectivity index (χ4n) is 2.38. The lowest BCUT2D eigenvalue weighted by atomic mass is 10.0. The molecular formula is C19H17NO. The molecule has 0 unspecified atom stereocenters. The van der Waals surface area contributed by atoms with Crippen molar-refractivity contribution in [2.75, 3.05) is 7.11 Å². The lowest BCUT2D eigenvalue weighted by Gasteiger charge is -2.08. The Morgan fingerprint density at radius 1 is 0.762 bits per heavy atom. The van der Waals surface area contributed by atoms with Gasteiger partial charge in [-0.25, -0.2) is 0 Å². The molecule has 0 bridgehead atoms. The largest absolute Gasteiger partial charge is 0.497 e. The van der Waals surface area contributed by atoms with Crippen molar-refractivity contribution in [3.8, 4) is 28.1 Å². The number of hydrogen-bond donors (Lipinski definition) is 0. The van der Waals surface area contributed by atoms with Gasteiger partial charge in [0, 0.05) is 11.3 Å². The van der Waals surface area contributed by atoms with Gasteiger partial charge in [0.15, 0.2) is 0 Å². The van der Waals surface area contributed by atoms with Crippen molar-refractivity contribution in [3.05, 3.63) is 72.4 Å². The molecule has 2 heteroatoms. The van der Waals surface area contributed by atoms with Crippen LogP contribution in [-0.2, 0) is 0 Å². The maximum absolute atomic E-state index is 5.20. The van der Waals surface area contributed by atoms with Crippen LogP contribution in [0.15, 0.2) is 66.7 Å². The van der Waals surface area contributed by atoms with Crippen LogP contribution < -0.4 is 4.74 Å². The van der Waals surface area contributed by atoms with Crippen LogP contribution in [0.3, 0.4) is 0 Å². The summed E-state index contributed by atoms with van der Waals surface area (Å²) in [7, 11) is 1.67. The van der Waals surface area contributed by atoms with Gasteiger partial charge in [-0.2, -0.15) is 0 Å². The number of hydrogen-bond acceptors (Lipinski definition) is 2. The topological polar surface area (TPSA) is 22.1 Å². The number of rotatable bonds is 3. The van der Waals surface area contributed by atoms with E-state index in [1.807, 2.05) is 37.3 Å². The summed E-state index contributed by atoms with van der Waals surface area (Å²) in [5.74, 6) is 0.856. The fourth-order valence-corrected chi connectivity index (χ4v) is 2.38. The highest BCUT2D eigenvalue weighted by atomic mass is 16.5. The second kappa shape index (κ2) is 5.80. The third-order valence-corrected chi connectivity index (χ3v) is 3.45. The van der Waals surface area contributed by atoms with Gasteiger partial charge in [-0.3, -0.25) is 4.98 Å². The Hall–Kier alpha value is -2.61. The molecule has 3 rings (SSSR count). The minimum Gasteiger partial charge on any atom is -0.497 e. The molecule has 2 nitrogen and oxygen atoms in total. The molecule has 0 aliphatic rings. The number of benzene rings is 2. The molecule has 0 saturated heterocycles. The third kappa shape index (κ3) is 2.95. The van der Waals surface area contributed by atoms with Gasteiger partial charge in [0.25, 0.3) is 0 Å². The number of methoxy groups -OCH3 is 1. The van der Waals surface area contributed by atoms with Gasteiger partial charge in [0.05, 0.1) is 12.8 Å². The van der Waals surface area contributed by atoms with Crippen LogP contribution in [0.4, 0.5) is 0 Å². The Morgan fingerprint density at radius 3 is 2.14 bits per heavy atom. The van der Waals surface area contributed by atoms with Crippen LogP contribution in [0.2, 0.25) is 0 Å².